The van der Waals surface area contributed by atoms with Gasteiger partial charge in [-0.3, -0.25) is 4.79 Å². The standard InChI is InChI=1S/C18H24N4O3.ClH/c1-13(15-21-16(25-22-15)14-6-4-3-5-7-14)20-17(23)18(9-11-24-2)8-10-19-12-18;/h3-7,13,19H,8-12H2,1-2H3,(H,20,23);1H. The molecule has 3 rings (SSSR count). The molecule has 1 aliphatic heterocycles. The molecule has 0 aliphatic carbocycles. The van der Waals surface area contributed by atoms with Crippen molar-refractivity contribution < 1.29 is 14.1 Å². The summed E-state index contributed by atoms with van der Waals surface area (Å²) in [6.45, 7) is 3.93. The second-order valence-electron chi connectivity index (χ2n) is 6.47. The number of ether oxygens (including phenoxy) is 1. The maximum absolute atomic E-state index is 12.8. The van der Waals surface area contributed by atoms with Gasteiger partial charge in [0.05, 0.1) is 11.5 Å². The molecule has 2 aromatic rings. The summed E-state index contributed by atoms with van der Waals surface area (Å²) in [6, 6.07) is 9.25. The van der Waals surface area contributed by atoms with Crippen molar-refractivity contribution in [3.63, 3.8) is 0 Å². The summed E-state index contributed by atoms with van der Waals surface area (Å²) in [7, 11) is 1.65. The van der Waals surface area contributed by atoms with Gasteiger partial charge in [-0.25, -0.2) is 0 Å². The minimum Gasteiger partial charge on any atom is -0.385 e. The molecule has 2 unspecified atom stereocenters. The van der Waals surface area contributed by atoms with Gasteiger partial charge in [0.2, 0.25) is 5.91 Å². The predicted molar refractivity (Wildman–Crippen MR) is 100.0 cm³/mol. The van der Waals surface area contributed by atoms with Crippen LogP contribution in [0.5, 0.6) is 0 Å². The first-order valence-electron chi connectivity index (χ1n) is 8.54. The van der Waals surface area contributed by atoms with Gasteiger partial charge in [0.25, 0.3) is 5.89 Å². The SMILES string of the molecule is COCCC1(C(=O)NC(C)c2noc(-c3ccccc3)n2)CCNC1.Cl. The third-order valence-electron chi connectivity index (χ3n) is 4.71. The highest BCUT2D eigenvalue weighted by Crippen LogP contribution is 2.31. The van der Waals surface area contributed by atoms with Gasteiger partial charge in [-0.15, -0.1) is 12.4 Å². The van der Waals surface area contributed by atoms with E-state index in [2.05, 4.69) is 20.8 Å². The molecule has 1 saturated heterocycles. The zero-order chi connectivity index (χ0) is 17.7. The molecule has 1 aromatic heterocycles. The normalized spacial score (nSPS) is 20.4. The van der Waals surface area contributed by atoms with Crippen LogP contribution >= 0.6 is 12.4 Å². The number of methoxy groups -OCH3 is 1. The quantitative estimate of drug-likeness (QED) is 0.766. The Morgan fingerprint density at radius 3 is 2.85 bits per heavy atom. The van der Waals surface area contributed by atoms with Crippen LogP contribution < -0.4 is 10.6 Å². The molecule has 8 heteroatoms. The Morgan fingerprint density at radius 2 is 2.19 bits per heavy atom. The van der Waals surface area contributed by atoms with E-state index in [0.717, 1.165) is 18.5 Å². The number of carbonyl (C=O) groups is 1. The summed E-state index contributed by atoms with van der Waals surface area (Å²) < 4.78 is 10.5. The number of nitrogens with one attached hydrogen (secondary N) is 2. The Hall–Kier alpha value is -1.96. The van der Waals surface area contributed by atoms with Crippen molar-refractivity contribution in [2.24, 2.45) is 5.41 Å². The average Bonchev–Trinajstić information content (AvgIpc) is 3.31. The van der Waals surface area contributed by atoms with Crippen molar-refractivity contribution in [3.8, 4) is 11.5 Å². The Morgan fingerprint density at radius 1 is 1.42 bits per heavy atom. The molecule has 142 valence electrons. The van der Waals surface area contributed by atoms with Gasteiger partial charge in [-0.1, -0.05) is 23.4 Å². The maximum Gasteiger partial charge on any atom is 0.257 e. The number of nitrogens with zero attached hydrogens (tertiary/aromatic N) is 2. The van der Waals surface area contributed by atoms with Crippen LogP contribution in [0.2, 0.25) is 0 Å². The van der Waals surface area contributed by atoms with E-state index >= 15 is 0 Å². The Bertz CT molecular complexity index is 701. The molecule has 0 spiro atoms. The van der Waals surface area contributed by atoms with Crippen LogP contribution in [-0.2, 0) is 9.53 Å². The summed E-state index contributed by atoms with van der Waals surface area (Å²) in [5.41, 5.74) is 0.423. The number of hydrogen-bond acceptors (Lipinski definition) is 6. The van der Waals surface area contributed by atoms with Gasteiger partial charge in [-0.05, 0) is 38.4 Å². The first kappa shape index (κ1) is 20.4. The number of hydrogen-bond donors (Lipinski definition) is 2. The van der Waals surface area contributed by atoms with Gasteiger partial charge in [0.1, 0.15) is 0 Å². The van der Waals surface area contributed by atoms with Crippen LogP contribution in [-0.4, -0.2) is 42.9 Å². The molecule has 2 atom stereocenters. The highest BCUT2D eigenvalue weighted by Gasteiger charge is 2.41. The largest absolute Gasteiger partial charge is 0.385 e. The zero-order valence-corrected chi connectivity index (χ0v) is 15.8. The molecule has 7 nitrogen and oxygen atoms in total. The topological polar surface area (TPSA) is 89.3 Å². The third kappa shape index (κ3) is 4.41. The lowest BCUT2D eigenvalue weighted by molar-refractivity contribution is -0.131. The van der Waals surface area contributed by atoms with E-state index in [9.17, 15) is 4.79 Å². The molecule has 26 heavy (non-hydrogen) atoms. The molecule has 0 radical (unpaired) electrons. The highest BCUT2D eigenvalue weighted by molar-refractivity contribution is 5.85. The smallest absolute Gasteiger partial charge is 0.257 e. The van der Waals surface area contributed by atoms with Gasteiger partial charge < -0.3 is 19.9 Å². The fourth-order valence-corrected chi connectivity index (χ4v) is 3.08. The number of amides is 1. The molecular weight excluding hydrogens is 356 g/mol. The number of carbonyl (C=O) groups excluding carboxylic acids is 1. The Labute approximate surface area is 159 Å². The van der Waals surface area contributed by atoms with E-state index in [1.54, 1.807) is 7.11 Å². The van der Waals surface area contributed by atoms with Crippen LogP contribution in [0.15, 0.2) is 34.9 Å². The third-order valence-corrected chi connectivity index (χ3v) is 4.71. The first-order chi connectivity index (χ1) is 12.1. The van der Waals surface area contributed by atoms with E-state index in [1.165, 1.54) is 0 Å². The zero-order valence-electron chi connectivity index (χ0n) is 15.0. The van der Waals surface area contributed by atoms with Crippen molar-refractivity contribution in [2.45, 2.75) is 25.8 Å². The number of aromatic nitrogens is 2. The fraction of sp³-hybridized carbons (Fsp3) is 0.500. The molecule has 1 fully saturated rings. The molecule has 0 bridgehead atoms. The maximum atomic E-state index is 12.8. The van der Waals surface area contributed by atoms with Crippen molar-refractivity contribution in [1.82, 2.24) is 20.8 Å². The van der Waals surface area contributed by atoms with Crippen LogP contribution in [0, 0.1) is 5.41 Å². The summed E-state index contributed by atoms with van der Waals surface area (Å²) in [5.74, 6) is 0.932. The summed E-state index contributed by atoms with van der Waals surface area (Å²) in [6.07, 6.45) is 1.49. The Kier molecular flexibility index (Phi) is 7.14. The minimum atomic E-state index is -0.434. The molecule has 1 amide bonds. The fourth-order valence-electron chi connectivity index (χ4n) is 3.08. The summed E-state index contributed by atoms with van der Waals surface area (Å²) >= 11 is 0. The van der Waals surface area contributed by atoms with E-state index in [-0.39, 0.29) is 24.4 Å². The van der Waals surface area contributed by atoms with Crippen molar-refractivity contribution in [3.05, 3.63) is 36.2 Å². The summed E-state index contributed by atoms with van der Waals surface area (Å²) in [5, 5.41) is 10.3. The lowest BCUT2D eigenvalue weighted by Gasteiger charge is -2.27. The van der Waals surface area contributed by atoms with Gasteiger partial charge in [0, 0.05) is 25.8 Å². The second kappa shape index (κ2) is 9.12. The first-order valence-corrected chi connectivity index (χ1v) is 8.54. The van der Waals surface area contributed by atoms with E-state index in [0.29, 0.717) is 31.3 Å². The van der Waals surface area contributed by atoms with Crippen LogP contribution in [0.4, 0.5) is 0 Å². The van der Waals surface area contributed by atoms with E-state index in [4.69, 9.17) is 9.26 Å². The number of benzene rings is 1. The molecule has 2 heterocycles. The van der Waals surface area contributed by atoms with Crippen molar-refractivity contribution in [2.75, 3.05) is 26.8 Å². The number of rotatable bonds is 7. The predicted octanol–water partition coefficient (Wildman–Crippen LogP) is 2.35. The molecule has 1 aromatic carbocycles. The van der Waals surface area contributed by atoms with Crippen LogP contribution in [0.25, 0.3) is 11.5 Å². The molecule has 2 N–H and O–H groups in total. The van der Waals surface area contributed by atoms with Crippen LogP contribution in [0.3, 0.4) is 0 Å². The average molecular weight is 381 g/mol. The number of halogens is 1. The van der Waals surface area contributed by atoms with Crippen LogP contribution in [0.1, 0.15) is 31.6 Å². The molecule has 1 aliphatic rings. The van der Waals surface area contributed by atoms with Gasteiger partial charge >= 0.3 is 0 Å². The van der Waals surface area contributed by atoms with Crippen molar-refractivity contribution in [1.29, 1.82) is 0 Å². The molecule has 0 saturated carbocycles. The summed E-state index contributed by atoms with van der Waals surface area (Å²) in [4.78, 5) is 17.3. The van der Waals surface area contributed by atoms with E-state index in [1.807, 2.05) is 37.3 Å². The lowest BCUT2D eigenvalue weighted by Crippen LogP contribution is -2.44. The van der Waals surface area contributed by atoms with Crippen molar-refractivity contribution >= 4 is 18.3 Å². The van der Waals surface area contributed by atoms with Gasteiger partial charge in [-0.2, -0.15) is 4.98 Å². The molecular formula is C18H25ClN4O3. The second-order valence-corrected chi connectivity index (χ2v) is 6.47. The van der Waals surface area contributed by atoms with Gasteiger partial charge in [0.15, 0.2) is 5.82 Å². The van der Waals surface area contributed by atoms with E-state index < -0.39 is 5.41 Å². The Balaban J connectivity index is 0.00000243. The minimum absolute atomic E-state index is 0. The highest BCUT2D eigenvalue weighted by atomic mass is 35.5. The lowest BCUT2D eigenvalue weighted by atomic mass is 9.82. The monoisotopic (exact) mass is 380 g/mol.